The Hall–Kier alpha value is -3.09. The topological polar surface area (TPSA) is 57.7 Å². The number of hydrogen-bond acceptors (Lipinski definition) is 5. The zero-order valence-electron chi connectivity index (χ0n) is 16.1. The molecule has 0 saturated carbocycles. The molecule has 2 heterocycles. The monoisotopic (exact) mass is 393 g/mol. The molecule has 1 fully saturated rings. The van der Waals surface area contributed by atoms with Crippen LogP contribution in [0.3, 0.4) is 0 Å². The first-order chi connectivity index (χ1) is 13.9. The van der Waals surface area contributed by atoms with Crippen molar-refractivity contribution in [3.05, 3.63) is 78.2 Å². The third-order valence-electron chi connectivity index (χ3n) is 4.50. The van der Waals surface area contributed by atoms with Crippen LogP contribution in [0.25, 0.3) is 11.3 Å². The number of pyridine rings is 1. The first-order valence-corrected chi connectivity index (χ1v) is 9.26. The van der Waals surface area contributed by atoms with E-state index in [1.165, 1.54) is 12.1 Å². The van der Waals surface area contributed by atoms with Gasteiger partial charge in [0.25, 0.3) is 0 Å². The Morgan fingerprint density at radius 2 is 1.69 bits per heavy atom. The molecule has 0 N–H and O–H groups in total. The van der Waals surface area contributed by atoms with E-state index in [-0.39, 0.29) is 18.2 Å². The summed E-state index contributed by atoms with van der Waals surface area (Å²) < 4.78 is 29.8. The molecular weight excluding hydrogens is 373 g/mol. The van der Waals surface area contributed by atoms with Crippen LogP contribution in [-0.4, -0.2) is 29.3 Å². The fourth-order valence-corrected chi connectivity index (χ4v) is 3.05. The number of ketones is 1. The molecule has 1 aliphatic heterocycles. The summed E-state index contributed by atoms with van der Waals surface area (Å²) >= 11 is 0. The molecule has 0 aliphatic carbocycles. The van der Waals surface area contributed by atoms with Gasteiger partial charge in [-0.2, -0.15) is 0 Å². The normalized spacial score (nSPS) is 17.8. The Bertz CT molecular complexity index is 1020. The zero-order valence-corrected chi connectivity index (χ0v) is 16.1. The Labute approximate surface area is 168 Å². The first-order valence-electron chi connectivity index (χ1n) is 9.26. The smallest absolute Gasteiger partial charge is 0.212 e. The molecule has 1 aliphatic rings. The SMILES string of the molecule is CC1(C)OCC(C(=O)c2cccc(-c3ccc(Oc4ccc(F)cc4)cc3)n2)O1. The van der Waals surface area contributed by atoms with Gasteiger partial charge in [0.15, 0.2) is 5.79 Å². The van der Waals surface area contributed by atoms with E-state index in [0.29, 0.717) is 22.9 Å². The number of aromatic nitrogens is 1. The lowest BCUT2D eigenvalue weighted by molar-refractivity contribution is -0.133. The second-order valence-corrected chi connectivity index (χ2v) is 7.17. The number of ether oxygens (including phenoxy) is 3. The molecule has 0 bridgehead atoms. The van der Waals surface area contributed by atoms with Crippen molar-refractivity contribution in [3.63, 3.8) is 0 Å². The molecule has 2 aromatic carbocycles. The molecule has 29 heavy (non-hydrogen) atoms. The average molecular weight is 393 g/mol. The van der Waals surface area contributed by atoms with Crippen molar-refractivity contribution in [1.82, 2.24) is 4.98 Å². The van der Waals surface area contributed by atoms with Crippen LogP contribution < -0.4 is 4.74 Å². The minimum Gasteiger partial charge on any atom is -0.457 e. The Morgan fingerprint density at radius 1 is 1.03 bits per heavy atom. The lowest BCUT2D eigenvalue weighted by Crippen LogP contribution is -2.27. The molecular formula is C23H20FNO4. The second-order valence-electron chi connectivity index (χ2n) is 7.17. The molecule has 1 atom stereocenters. The van der Waals surface area contributed by atoms with Crippen LogP contribution in [0.4, 0.5) is 4.39 Å². The molecule has 0 amide bonds. The molecule has 0 spiro atoms. The number of nitrogens with zero attached hydrogens (tertiary/aromatic N) is 1. The molecule has 5 nitrogen and oxygen atoms in total. The van der Waals surface area contributed by atoms with Crippen molar-refractivity contribution in [2.45, 2.75) is 25.7 Å². The van der Waals surface area contributed by atoms with Gasteiger partial charge in [-0.05, 0) is 74.5 Å². The summed E-state index contributed by atoms with van der Waals surface area (Å²) in [5, 5.41) is 0. The van der Waals surface area contributed by atoms with Gasteiger partial charge in [-0.3, -0.25) is 4.79 Å². The first kappa shape index (κ1) is 19.2. The van der Waals surface area contributed by atoms with Crippen molar-refractivity contribution in [1.29, 1.82) is 0 Å². The van der Waals surface area contributed by atoms with Gasteiger partial charge in [-0.15, -0.1) is 0 Å². The Balaban J connectivity index is 1.49. The van der Waals surface area contributed by atoms with Crippen LogP contribution in [0.15, 0.2) is 66.7 Å². The third kappa shape index (κ3) is 4.50. The van der Waals surface area contributed by atoms with E-state index in [4.69, 9.17) is 14.2 Å². The fourth-order valence-electron chi connectivity index (χ4n) is 3.05. The minimum atomic E-state index is -0.766. The Kier molecular flexibility index (Phi) is 5.13. The zero-order chi connectivity index (χ0) is 20.4. The number of Topliss-reactive ketones (excluding diaryl/α,β-unsaturated/α-hetero) is 1. The van der Waals surface area contributed by atoms with Gasteiger partial charge in [0.05, 0.1) is 12.3 Å². The molecule has 148 valence electrons. The summed E-state index contributed by atoms with van der Waals surface area (Å²) in [6, 6.07) is 18.4. The van der Waals surface area contributed by atoms with Gasteiger partial charge in [-0.25, -0.2) is 9.37 Å². The maximum atomic E-state index is 13.0. The molecule has 0 radical (unpaired) electrons. The van der Waals surface area contributed by atoms with E-state index in [1.54, 1.807) is 50.2 Å². The molecule has 1 aromatic heterocycles. The third-order valence-corrected chi connectivity index (χ3v) is 4.50. The predicted molar refractivity (Wildman–Crippen MR) is 105 cm³/mol. The number of carbonyl (C=O) groups excluding carboxylic acids is 1. The lowest BCUT2D eigenvalue weighted by atomic mass is 10.1. The van der Waals surface area contributed by atoms with Gasteiger partial charge >= 0.3 is 0 Å². The van der Waals surface area contributed by atoms with Crippen molar-refractivity contribution < 1.29 is 23.4 Å². The van der Waals surface area contributed by atoms with Crippen LogP contribution in [0, 0.1) is 5.82 Å². The summed E-state index contributed by atoms with van der Waals surface area (Å²) in [7, 11) is 0. The number of rotatable bonds is 5. The summed E-state index contributed by atoms with van der Waals surface area (Å²) in [6.45, 7) is 3.77. The van der Waals surface area contributed by atoms with Crippen molar-refractivity contribution >= 4 is 5.78 Å². The fraction of sp³-hybridized carbons (Fsp3) is 0.217. The van der Waals surface area contributed by atoms with E-state index in [0.717, 1.165) is 5.56 Å². The lowest BCUT2D eigenvalue weighted by Gasteiger charge is -2.16. The van der Waals surface area contributed by atoms with E-state index >= 15 is 0 Å². The highest BCUT2D eigenvalue weighted by atomic mass is 19.1. The van der Waals surface area contributed by atoms with Crippen LogP contribution in [0.5, 0.6) is 11.5 Å². The van der Waals surface area contributed by atoms with Crippen LogP contribution in [0.2, 0.25) is 0 Å². The number of halogens is 1. The van der Waals surface area contributed by atoms with Crippen LogP contribution in [0.1, 0.15) is 24.3 Å². The Morgan fingerprint density at radius 3 is 2.31 bits per heavy atom. The van der Waals surface area contributed by atoms with E-state index < -0.39 is 11.9 Å². The highest BCUT2D eigenvalue weighted by Gasteiger charge is 2.37. The number of hydrogen-bond donors (Lipinski definition) is 0. The largest absolute Gasteiger partial charge is 0.457 e. The molecule has 3 aromatic rings. The summed E-state index contributed by atoms with van der Waals surface area (Å²) in [5.74, 6) is -0.115. The van der Waals surface area contributed by atoms with E-state index in [1.807, 2.05) is 18.2 Å². The van der Waals surface area contributed by atoms with E-state index in [2.05, 4.69) is 4.98 Å². The molecule has 1 unspecified atom stereocenters. The molecule has 6 heteroatoms. The average Bonchev–Trinajstić information content (AvgIpc) is 3.09. The standard InChI is InChI=1S/C23H20FNO4/c1-23(2)27-14-21(29-23)22(26)20-5-3-4-19(25-20)15-6-10-17(11-7-15)28-18-12-8-16(24)9-13-18/h3-13,21H,14H2,1-2H3. The maximum Gasteiger partial charge on any atom is 0.212 e. The number of carbonyl (C=O) groups is 1. The van der Waals surface area contributed by atoms with Gasteiger partial charge in [0.2, 0.25) is 5.78 Å². The van der Waals surface area contributed by atoms with Crippen molar-refractivity contribution in [3.8, 4) is 22.8 Å². The second kappa shape index (κ2) is 7.73. The highest BCUT2D eigenvalue weighted by Crippen LogP contribution is 2.27. The molecule has 1 saturated heterocycles. The number of benzene rings is 2. The molecule has 4 rings (SSSR count). The van der Waals surface area contributed by atoms with Gasteiger partial charge in [0.1, 0.15) is 29.1 Å². The summed E-state index contributed by atoms with van der Waals surface area (Å²) in [6.07, 6.45) is -0.653. The summed E-state index contributed by atoms with van der Waals surface area (Å²) in [4.78, 5) is 17.2. The van der Waals surface area contributed by atoms with E-state index in [9.17, 15) is 9.18 Å². The minimum absolute atomic E-state index is 0.200. The van der Waals surface area contributed by atoms with Gasteiger partial charge in [-0.1, -0.05) is 6.07 Å². The van der Waals surface area contributed by atoms with Crippen LogP contribution in [-0.2, 0) is 9.47 Å². The summed E-state index contributed by atoms with van der Waals surface area (Å²) in [5.41, 5.74) is 1.85. The van der Waals surface area contributed by atoms with Crippen molar-refractivity contribution in [2.24, 2.45) is 0 Å². The predicted octanol–water partition coefficient (Wildman–Crippen LogP) is 5.01. The van der Waals surface area contributed by atoms with Gasteiger partial charge < -0.3 is 14.2 Å². The highest BCUT2D eigenvalue weighted by molar-refractivity contribution is 5.98. The van der Waals surface area contributed by atoms with Crippen LogP contribution >= 0.6 is 0 Å². The van der Waals surface area contributed by atoms with Gasteiger partial charge in [0, 0.05) is 5.56 Å². The quantitative estimate of drug-likeness (QED) is 0.570. The maximum absolute atomic E-state index is 13.0. The van der Waals surface area contributed by atoms with Crippen molar-refractivity contribution in [2.75, 3.05) is 6.61 Å².